The minimum atomic E-state index is 0.509. The number of fused-ring (bicyclic) bond motifs is 3. The van der Waals surface area contributed by atoms with E-state index in [1.165, 1.54) is 0 Å². The average Bonchev–Trinajstić information content (AvgIpc) is 3.11. The number of para-hydroxylation sites is 1. The number of hydrogen-bond donors (Lipinski definition) is 0. The van der Waals surface area contributed by atoms with Crippen molar-refractivity contribution < 1.29 is 4.79 Å². The van der Waals surface area contributed by atoms with Crippen molar-refractivity contribution in [2.45, 2.75) is 6.92 Å². The molecule has 0 fully saturated rings. The minimum Gasteiger partial charge on any atom is -0.326 e. The molecule has 0 atom stereocenters. The van der Waals surface area contributed by atoms with Gasteiger partial charge in [-0.1, -0.05) is 24.3 Å². The molecule has 118 valence electrons. The van der Waals surface area contributed by atoms with Gasteiger partial charge < -0.3 is 4.90 Å². The van der Waals surface area contributed by atoms with Gasteiger partial charge in [0, 0.05) is 23.2 Å². The van der Waals surface area contributed by atoms with Crippen molar-refractivity contribution in [1.82, 2.24) is 19.6 Å². The molecule has 6 nitrogen and oxygen atoms in total. The van der Waals surface area contributed by atoms with E-state index < -0.39 is 0 Å². The first-order valence-corrected chi connectivity index (χ1v) is 7.73. The first-order valence-electron chi connectivity index (χ1n) is 7.73. The average molecular weight is 317 g/mol. The summed E-state index contributed by atoms with van der Waals surface area (Å²) in [6.07, 6.45) is 2.45. The number of aromatic nitrogens is 4. The third-order valence-corrected chi connectivity index (χ3v) is 4.03. The van der Waals surface area contributed by atoms with Gasteiger partial charge in [0.25, 0.3) is 5.78 Å². The molecule has 4 rings (SSSR count). The zero-order valence-corrected chi connectivity index (χ0v) is 13.1. The van der Waals surface area contributed by atoms with Crippen molar-refractivity contribution in [2.75, 3.05) is 11.4 Å². The van der Waals surface area contributed by atoms with Crippen molar-refractivity contribution in [2.24, 2.45) is 0 Å². The Morgan fingerprint density at radius 2 is 2.00 bits per heavy atom. The van der Waals surface area contributed by atoms with E-state index in [0.717, 1.165) is 35.2 Å². The van der Waals surface area contributed by atoms with E-state index in [-0.39, 0.29) is 0 Å². The predicted octanol–water partition coefficient (Wildman–Crippen LogP) is 3.25. The molecule has 0 unspecified atom stereocenters. The molecule has 6 heteroatoms. The van der Waals surface area contributed by atoms with Gasteiger partial charge in [0.1, 0.15) is 18.4 Å². The first-order chi connectivity index (χ1) is 11.8. The van der Waals surface area contributed by atoms with E-state index in [4.69, 9.17) is 4.98 Å². The monoisotopic (exact) mass is 317 g/mol. The zero-order valence-electron chi connectivity index (χ0n) is 13.1. The third kappa shape index (κ3) is 2.20. The molecule has 0 aliphatic heterocycles. The van der Waals surface area contributed by atoms with Gasteiger partial charge in [-0.3, -0.25) is 9.20 Å². The highest BCUT2D eigenvalue weighted by atomic mass is 16.1. The van der Waals surface area contributed by atoms with E-state index in [2.05, 4.69) is 22.0 Å². The molecular weight excluding hydrogens is 302 g/mol. The highest BCUT2D eigenvalue weighted by molar-refractivity contribution is 5.96. The molecule has 0 saturated carbocycles. The highest BCUT2D eigenvalue weighted by Gasteiger charge is 2.16. The molecule has 0 bridgehead atoms. The summed E-state index contributed by atoms with van der Waals surface area (Å²) >= 11 is 0. The van der Waals surface area contributed by atoms with Crippen LogP contribution in [0.4, 0.5) is 11.5 Å². The lowest BCUT2D eigenvalue weighted by Crippen LogP contribution is -2.18. The van der Waals surface area contributed by atoms with E-state index >= 15 is 0 Å². The summed E-state index contributed by atoms with van der Waals surface area (Å²) in [6.45, 7) is 2.83. The van der Waals surface area contributed by atoms with Crippen LogP contribution in [0.15, 0.2) is 54.9 Å². The molecule has 0 N–H and O–H groups in total. The van der Waals surface area contributed by atoms with E-state index in [0.29, 0.717) is 11.3 Å². The number of rotatable bonds is 4. The van der Waals surface area contributed by atoms with Gasteiger partial charge in [-0.15, -0.1) is 10.2 Å². The molecule has 0 saturated heterocycles. The van der Waals surface area contributed by atoms with Crippen molar-refractivity contribution in [3.05, 3.63) is 60.4 Å². The Kier molecular flexibility index (Phi) is 3.42. The first kappa shape index (κ1) is 14.3. The molecule has 0 amide bonds. The molecule has 24 heavy (non-hydrogen) atoms. The fourth-order valence-corrected chi connectivity index (χ4v) is 2.91. The second-order valence-electron chi connectivity index (χ2n) is 5.41. The maximum Gasteiger partial charge on any atom is 0.257 e. The summed E-state index contributed by atoms with van der Waals surface area (Å²) in [5, 5.41) is 8.97. The van der Waals surface area contributed by atoms with Gasteiger partial charge in [0.2, 0.25) is 0 Å². The van der Waals surface area contributed by atoms with Crippen LogP contribution in [-0.4, -0.2) is 32.4 Å². The molecule has 4 aromatic rings. The van der Waals surface area contributed by atoms with E-state index in [9.17, 15) is 4.79 Å². The number of carbonyl (C=O) groups is 1. The van der Waals surface area contributed by atoms with Gasteiger partial charge in [-0.25, -0.2) is 0 Å². The normalized spacial score (nSPS) is 11.0. The van der Waals surface area contributed by atoms with Crippen molar-refractivity contribution >= 4 is 34.5 Å². The molecule has 2 heterocycles. The van der Waals surface area contributed by atoms with E-state index in [1.807, 2.05) is 42.5 Å². The Balaban J connectivity index is 2.04. The number of hydrogen-bond acceptors (Lipinski definition) is 5. The molecule has 0 radical (unpaired) electrons. The predicted molar refractivity (Wildman–Crippen MR) is 92.8 cm³/mol. The molecule has 2 aromatic carbocycles. The Labute approximate surface area is 138 Å². The summed E-state index contributed by atoms with van der Waals surface area (Å²) in [4.78, 5) is 18.0. The highest BCUT2D eigenvalue weighted by Crippen LogP contribution is 2.31. The number of anilines is 2. The lowest BCUT2D eigenvalue weighted by atomic mass is 10.1. The fraction of sp³-hybridized carbons (Fsp3) is 0.111. The van der Waals surface area contributed by atoms with Crippen molar-refractivity contribution in [3.63, 3.8) is 0 Å². The van der Waals surface area contributed by atoms with Crippen LogP contribution in [0.1, 0.15) is 17.3 Å². The van der Waals surface area contributed by atoms with Crippen LogP contribution in [-0.2, 0) is 0 Å². The van der Waals surface area contributed by atoms with Gasteiger partial charge in [0.05, 0.1) is 5.52 Å². The Hall–Kier alpha value is -3.28. The van der Waals surface area contributed by atoms with Crippen LogP contribution in [0, 0.1) is 0 Å². The van der Waals surface area contributed by atoms with Crippen LogP contribution in [0.25, 0.3) is 16.7 Å². The van der Waals surface area contributed by atoms with E-state index in [1.54, 1.807) is 16.8 Å². The van der Waals surface area contributed by atoms with Crippen molar-refractivity contribution in [1.29, 1.82) is 0 Å². The van der Waals surface area contributed by atoms with Crippen LogP contribution in [0.3, 0.4) is 0 Å². The quantitative estimate of drug-likeness (QED) is 0.541. The maximum atomic E-state index is 11.2. The molecule has 2 aromatic heterocycles. The topological polar surface area (TPSA) is 63.4 Å². The summed E-state index contributed by atoms with van der Waals surface area (Å²) in [5.74, 6) is 1.31. The Bertz CT molecular complexity index is 1030. The Morgan fingerprint density at radius 1 is 1.17 bits per heavy atom. The maximum absolute atomic E-state index is 11.2. The molecule has 0 aliphatic rings. The summed E-state index contributed by atoms with van der Waals surface area (Å²) in [5.41, 5.74) is 2.52. The SMILES string of the molecule is CCN(c1ccccc1)c1nc2nncn2c2cc(C=O)ccc12. The summed E-state index contributed by atoms with van der Waals surface area (Å²) < 4.78 is 1.80. The van der Waals surface area contributed by atoms with Crippen LogP contribution < -0.4 is 4.90 Å². The third-order valence-electron chi connectivity index (χ3n) is 4.03. The minimum absolute atomic E-state index is 0.509. The van der Waals surface area contributed by atoms with Gasteiger partial charge in [-0.2, -0.15) is 4.98 Å². The number of nitrogens with zero attached hydrogens (tertiary/aromatic N) is 5. The fourth-order valence-electron chi connectivity index (χ4n) is 2.91. The van der Waals surface area contributed by atoms with Gasteiger partial charge in [0.15, 0.2) is 0 Å². The molecular formula is C18H15N5O. The summed E-state index contributed by atoms with van der Waals surface area (Å²) in [6, 6.07) is 15.6. The second kappa shape index (κ2) is 5.73. The smallest absolute Gasteiger partial charge is 0.257 e. The lowest BCUT2D eigenvalue weighted by Gasteiger charge is -2.23. The second-order valence-corrected chi connectivity index (χ2v) is 5.41. The van der Waals surface area contributed by atoms with Gasteiger partial charge in [-0.05, 0) is 31.2 Å². The van der Waals surface area contributed by atoms with Crippen LogP contribution in [0.2, 0.25) is 0 Å². The lowest BCUT2D eigenvalue weighted by molar-refractivity contribution is 0.112. The Morgan fingerprint density at radius 3 is 2.75 bits per heavy atom. The number of aldehydes is 1. The largest absolute Gasteiger partial charge is 0.326 e. The van der Waals surface area contributed by atoms with Crippen molar-refractivity contribution in [3.8, 4) is 0 Å². The standard InChI is InChI=1S/C18H15N5O/c1-2-22(14-6-4-3-5-7-14)17-15-9-8-13(11-24)10-16(15)23-12-19-21-18(23)20-17/h3-12H,2H2,1H3. The molecule has 0 spiro atoms. The molecule has 0 aliphatic carbocycles. The summed E-state index contributed by atoms with van der Waals surface area (Å²) in [7, 11) is 0. The van der Waals surface area contributed by atoms with Crippen LogP contribution >= 0.6 is 0 Å². The van der Waals surface area contributed by atoms with Gasteiger partial charge >= 0.3 is 0 Å². The van der Waals surface area contributed by atoms with Crippen LogP contribution in [0.5, 0.6) is 0 Å². The number of benzene rings is 2. The zero-order chi connectivity index (χ0) is 16.5. The number of carbonyl (C=O) groups excluding carboxylic acids is 1.